The first kappa shape index (κ1) is 16.7. The number of alkyl halides is 3. The van der Waals surface area contributed by atoms with E-state index in [0.29, 0.717) is 26.3 Å². The van der Waals surface area contributed by atoms with Crippen LogP contribution in [0.1, 0.15) is 26.7 Å². The molecule has 1 aliphatic rings. The summed E-state index contributed by atoms with van der Waals surface area (Å²) in [5.41, 5.74) is -0.170. The predicted octanol–water partition coefficient (Wildman–Crippen LogP) is 2.28. The van der Waals surface area contributed by atoms with E-state index in [9.17, 15) is 13.2 Å². The van der Waals surface area contributed by atoms with Crippen LogP contribution in [0.3, 0.4) is 0 Å². The second kappa shape index (κ2) is 7.45. The van der Waals surface area contributed by atoms with Crippen molar-refractivity contribution in [3.63, 3.8) is 0 Å². The molecular weight excluding hydrogens is 257 g/mol. The van der Waals surface area contributed by atoms with Crippen molar-refractivity contribution in [2.24, 2.45) is 5.41 Å². The van der Waals surface area contributed by atoms with Gasteiger partial charge in [-0.1, -0.05) is 13.8 Å². The number of ether oxygens (including phenoxy) is 1. The van der Waals surface area contributed by atoms with Crippen LogP contribution >= 0.6 is 0 Å². The van der Waals surface area contributed by atoms with Crippen molar-refractivity contribution in [1.82, 2.24) is 10.2 Å². The van der Waals surface area contributed by atoms with Gasteiger partial charge in [0.1, 0.15) is 0 Å². The highest BCUT2D eigenvalue weighted by atomic mass is 19.4. The fraction of sp³-hybridized carbons (Fsp3) is 1.00. The Hall–Kier alpha value is -0.330. The van der Waals surface area contributed by atoms with Crippen molar-refractivity contribution >= 4 is 0 Å². The lowest BCUT2D eigenvalue weighted by Gasteiger charge is -2.34. The molecule has 0 aromatic heterocycles. The normalized spacial score (nSPS) is 24.3. The first-order valence-corrected chi connectivity index (χ1v) is 6.98. The summed E-state index contributed by atoms with van der Waals surface area (Å²) in [7, 11) is 0. The second-order valence-electron chi connectivity index (χ2n) is 5.40. The number of hydrogen-bond acceptors (Lipinski definition) is 3. The van der Waals surface area contributed by atoms with Gasteiger partial charge in [-0.2, -0.15) is 13.2 Å². The largest absolute Gasteiger partial charge is 0.401 e. The van der Waals surface area contributed by atoms with E-state index in [1.165, 1.54) is 4.90 Å². The number of rotatable bonds is 8. The first-order chi connectivity index (χ1) is 8.91. The molecule has 6 heteroatoms. The molecule has 0 spiro atoms. The van der Waals surface area contributed by atoms with E-state index in [1.807, 2.05) is 0 Å². The van der Waals surface area contributed by atoms with Gasteiger partial charge in [-0.05, 0) is 25.9 Å². The van der Waals surface area contributed by atoms with Gasteiger partial charge in [0.15, 0.2) is 0 Å². The van der Waals surface area contributed by atoms with Crippen molar-refractivity contribution in [2.45, 2.75) is 32.9 Å². The standard InChI is InChI=1S/C13H25F3N2O/c1-3-6-17-8-12(5-7-19-11-12)9-18(4-2)10-13(14,15)16/h17H,3-11H2,1-2H3. The van der Waals surface area contributed by atoms with Crippen molar-refractivity contribution < 1.29 is 17.9 Å². The van der Waals surface area contributed by atoms with Gasteiger partial charge in [-0.3, -0.25) is 4.90 Å². The van der Waals surface area contributed by atoms with E-state index in [4.69, 9.17) is 4.74 Å². The van der Waals surface area contributed by atoms with Crippen LogP contribution < -0.4 is 5.32 Å². The van der Waals surface area contributed by atoms with Crippen molar-refractivity contribution in [3.8, 4) is 0 Å². The monoisotopic (exact) mass is 282 g/mol. The summed E-state index contributed by atoms with van der Waals surface area (Å²) in [6, 6.07) is 0. The SMILES string of the molecule is CCCNCC1(CN(CC)CC(F)(F)F)CCOC1. The van der Waals surface area contributed by atoms with E-state index in [2.05, 4.69) is 12.2 Å². The summed E-state index contributed by atoms with van der Waals surface area (Å²) in [4.78, 5) is 1.47. The summed E-state index contributed by atoms with van der Waals surface area (Å²) < 4.78 is 42.9. The molecule has 0 aliphatic carbocycles. The lowest BCUT2D eigenvalue weighted by molar-refractivity contribution is -0.148. The molecule has 0 amide bonds. The summed E-state index contributed by atoms with van der Waals surface area (Å²) in [5, 5.41) is 3.32. The molecule has 3 nitrogen and oxygen atoms in total. The molecule has 0 bridgehead atoms. The highest BCUT2D eigenvalue weighted by Gasteiger charge is 2.39. The second-order valence-corrected chi connectivity index (χ2v) is 5.40. The molecule has 1 unspecified atom stereocenters. The topological polar surface area (TPSA) is 24.5 Å². The van der Waals surface area contributed by atoms with Crippen molar-refractivity contribution in [2.75, 3.05) is 45.9 Å². The molecule has 19 heavy (non-hydrogen) atoms. The third-order valence-electron chi connectivity index (χ3n) is 3.52. The molecule has 114 valence electrons. The van der Waals surface area contributed by atoms with Gasteiger partial charge in [-0.25, -0.2) is 0 Å². The quantitative estimate of drug-likeness (QED) is 0.691. The van der Waals surface area contributed by atoms with E-state index in [0.717, 1.165) is 25.9 Å². The minimum atomic E-state index is -4.13. The van der Waals surface area contributed by atoms with Crippen LogP contribution in [0.4, 0.5) is 13.2 Å². The Morgan fingerprint density at radius 1 is 1.32 bits per heavy atom. The van der Waals surface area contributed by atoms with Crippen LogP contribution in [0.25, 0.3) is 0 Å². The number of nitrogens with zero attached hydrogens (tertiary/aromatic N) is 1. The third-order valence-corrected chi connectivity index (χ3v) is 3.52. The molecule has 1 saturated heterocycles. The highest BCUT2D eigenvalue weighted by molar-refractivity contribution is 4.88. The zero-order valence-corrected chi connectivity index (χ0v) is 11.9. The maximum absolute atomic E-state index is 12.5. The van der Waals surface area contributed by atoms with E-state index < -0.39 is 12.7 Å². The molecule has 1 heterocycles. The molecule has 1 rings (SSSR count). The third kappa shape index (κ3) is 6.10. The number of halogens is 3. The zero-order valence-electron chi connectivity index (χ0n) is 11.9. The van der Waals surface area contributed by atoms with Crippen LogP contribution in [-0.2, 0) is 4.74 Å². The number of hydrogen-bond donors (Lipinski definition) is 1. The smallest absolute Gasteiger partial charge is 0.381 e. The summed E-state index contributed by atoms with van der Waals surface area (Å²) in [6.45, 7) is 6.70. The fourth-order valence-electron chi connectivity index (χ4n) is 2.51. The van der Waals surface area contributed by atoms with Gasteiger partial charge in [0.25, 0.3) is 0 Å². The Bertz CT molecular complexity index is 253. The average Bonchev–Trinajstić information content (AvgIpc) is 2.76. The van der Waals surface area contributed by atoms with Gasteiger partial charge in [0, 0.05) is 25.1 Å². The molecule has 0 aromatic rings. The van der Waals surface area contributed by atoms with Gasteiger partial charge in [-0.15, -0.1) is 0 Å². The van der Waals surface area contributed by atoms with E-state index in [-0.39, 0.29) is 5.41 Å². The minimum absolute atomic E-state index is 0.170. The molecule has 0 aromatic carbocycles. The molecule has 0 saturated carbocycles. The van der Waals surface area contributed by atoms with Crippen LogP contribution in [0.2, 0.25) is 0 Å². The van der Waals surface area contributed by atoms with Crippen LogP contribution in [0.5, 0.6) is 0 Å². The van der Waals surface area contributed by atoms with Crippen molar-refractivity contribution in [3.05, 3.63) is 0 Å². The molecule has 0 radical (unpaired) electrons. The molecule has 1 N–H and O–H groups in total. The molecule has 1 aliphatic heterocycles. The molecular formula is C13H25F3N2O. The lowest BCUT2D eigenvalue weighted by Crippen LogP contribution is -2.47. The Balaban J connectivity index is 2.55. The van der Waals surface area contributed by atoms with Crippen molar-refractivity contribution in [1.29, 1.82) is 0 Å². The summed E-state index contributed by atoms with van der Waals surface area (Å²) >= 11 is 0. The van der Waals surface area contributed by atoms with Crippen LogP contribution in [-0.4, -0.2) is 57.0 Å². The molecule has 1 atom stereocenters. The highest BCUT2D eigenvalue weighted by Crippen LogP contribution is 2.30. The zero-order chi connectivity index (χ0) is 14.4. The van der Waals surface area contributed by atoms with E-state index in [1.54, 1.807) is 6.92 Å². The Kier molecular flexibility index (Phi) is 6.56. The lowest BCUT2D eigenvalue weighted by atomic mass is 9.86. The predicted molar refractivity (Wildman–Crippen MR) is 69.2 cm³/mol. The minimum Gasteiger partial charge on any atom is -0.381 e. The van der Waals surface area contributed by atoms with Gasteiger partial charge in [0.05, 0.1) is 13.2 Å². The first-order valence-electron chi connectivity index (χ1n) is 6.98. The van der Waals surface area contributed by atoms with E-state index >= 15 is 0 Å². The molecule has 1 fully saturated rings. The number of nitrogens with one attached hydrogen (secondary N) is 1. The maximum atomic E-state index is 12.5. The Morgan fingerprint density at radius 3 is 2.53 bits per heavy atom. The average molecular weight is 282 g/mol. The fourth-order valence-corrected chi connectivity index (χ4v) is 2.51. The summed E-state index contributed by atoms with van der Waals surface area (Å²) in [5.74, 6) is 0. The summed E-state index contributed by atoms with van der Waals surface area (Å²) in [6.07, 6.45) is -2.28. The van der Waals surface area contributed by atoms with Gasteiger partial charge in [0.2, 0.25) is 0 Å². The van der Waals surface area contributed by atoms with Gasteiger partial charge >= 0.3 is 6.18 Å². The van der Waals surface area contributed by atoms with Crippen LogP contribution in [0, 0.1) is 5.41 Å². The Labute approximate surface area is 113 Å². The van der Waals surface area contributed by atoms with Gasteiger partial charge < -0.3 is 10.1 Å². The maximum Gasteiger partial charge on any atom is 0.401 e. The Morgan fingerprint density at radius 2 is 2.05 bits per heavy atom. The van der Waals surface area contributed by atoms with Crippen LogP contribution in [0.15, 0.2) is 0 Å².